The van der Waals surface area contributed by atoms with Gasteiger partial charge in [0.25, 0.3) is 0 Å². The minimum Gasteiger partial charge on any atom is -0.444 e. The number of fused-ring (bicyclic) bond motifs is 1. The Hall–Kier alpha value is -0.810. The number of amides is 1. The van der Waals surface area contributed by atoms with Gasteiger partial charge in [0.05, 0.1) is 0 Å². The SMILES string of the molecule is CC(C)(C)OC(=O)NCCC(CN)N1CCCC2CCCCC21. The Morgan fingerprint density at radius 2 is 1.96 bits per heavy atom. The molecule has 3 unspecified atom stereocenters. The van der Waals surface area contributed by atoms with Crippen LogP contribution in [0.25, 0.3) is 0 Å². The van der Waals surface area contributed by atoms with Crippen LogP contribution in [-0.4, -0.2) is 48.3 Å². The van der Waals surface area contributed by atoms with Gasteiger partial charge in [0.15, 0.2) is 0 Å². The Bertz CT molecular complexity index is 379. The Kier molecular flexibility index (Phi) is 6.72. The fourth-order valence-electron chi connectivity index (χ4n) is 4.19. The van der Waals surface area contributed by atoms with Gasteiger partial charge >= 0.3 is 6.09 Å². The van der Waals surface area contributed by atoms with Crippen LogP contribution in [0.4, 0.5) is 4.79 Å². The maximum Gasteiger partial charge on any atom is 0.407 e. The van der Waals surface area contributed by atoms with Gasteiger partial charge < -0.3 is 15.8 Å². The molecule has 0 aromatic heterocycles. The summed E-state index contributed by atoms with van der Waals surface area (Å²) in [6, 6.07) is 1.09. The summed E-state index contributed by atoms with van der Waals surface area (Å²) >= 11 is 0. The molecule has 0 aromatic carbocycles. The highest BCUT2D eigenvalue weighted by atomic mass is 16.6. The highest BCUT2D eigenvalue weighted by Gasteiger charge is 2.36. The van der Waals surface area contributed by atoms with Gasteiger partial charge in [0.2, 0.25) is 0 Å². The van der Waals surface area contributed by atoms with E-state index in [0.29, 0.717) is 25.2 Å². The first-order chi connectivity index (χ1) is 10.9. The third kappa shape index (κ3) is 5.64. The number of alkyl carbamates (subject to hydrolysis) is 1. The van der Waals surface area contributed by atoms with Crippen LogP contribution >= 0.6 is 0 Å². The third-order valence-corrected chi connectivity index (χ3v) is 5.17. The van der Waals surface area contributed by atoms with E-state index in [2.05, 4.69) is 10.2 Å². The normalized spacial score (nSPS) is 27.1. The standard InChI is InChI=1S/C18H35N3O2/c1-18(2,3)23-17(22)20-11-10-15(13-19)21-12-6-8-14-7-4-5-9-16(14)21/h14-16H,4-13,19H2,1-3H3,(H,20,22). The van der Waals surface area contributed by atoms with E-state index in [1.54, 1.807) is 0 Å². The summed E-state index contributed by atoms with van der Waals surface area (Å²) in [7, 11) is 0. The van der Waals surface area contributed by atoms with Crippen LogP contribution in [0.3, 0.4) is 0 Å². The summed E-state index contributed by atoms with van der Waals surface area (Å²) < 4.78 is 5.29. The Morgan fingerprint density at radius 1 is 1.26 bits per heavy atom. The van der Waals surface area contributed by atoms with Crippen LogP contribution in [0.1, 0.15) is 65.7 Å². The molecule has 0 bridgehead atoms. The molecule has 0 radical (unpaired) electrons. The molecule has 5 nitrogen and oxygen atoms in total. The molecule has 1 heterocycles. The number of rotatable bonds is 5. The maximum atomic E-state index is 11.8. The van der Waals surface area contributed by atoms with E-state index in [9.17, 15) is 4.79 Å². The lowest BCUT2D eigenvalue weighted by molar-refractivity contribution is 0.0244. The number of nitrogens with zero attached hydrogens (tertiary/aromatic N) is 1. The fraction of sp³-hybridized carbons (Fsp3) is 0.944. The van der Waals surface area contributed by atoms with Gasteiger partial charge in [-0.05, 0) is 65.3 Å². The van der Waals surface area contributed by atoms with Gasteiger partial charge in [-0.1, -0.05) is 12.8 Å². The van der Waals surface area contributed by atoms with Crippen LogP contribution in [0.2, 0.25) is 0 Å². The zero-order chi connectivity index (χ0) is 16.9. The van der Waals surface area contributed by atoms with E-state index in [0.717, 1.165) is 18.9 Å². The number of nitrogens with one attached hydrogen (secondary N) is 1. The summed E-state index contributed by atoms with van der Waals surface area (Å²) in [5, 5.41) is 2.87. The summed E-state index contributed by atoms with van der Waals surface area (Å²) in [5.41, 5.74) is 5.61. The van der Waals surface area contributed by atoms with Crippen molar-refractivity contribution >= 4 is 6.09 Å². The first-order valence-corrected chi connectivity index (χ1v) is 9.33. The van der Waals surface area contributed by atoms with Crippen LogP contribution in [0.15, 0.2) is 0 Å². The van der Waals surface area contributed by atoms with Crippen molar-refractivity contribution in [1.29, 1.82) is 0 Å². The second kappa shape index (κ2) is 8.34. The van der Waals surface area contributed by atoms with Crippen LogP contribution < -0.4 is 11.1 Å². The minimum absolute atomic E-state index is 0.331. The zero-order valence-corrected chi connectivity index (χ0v) is 15.1. The van der Waals surface area contributed by atoms with Gasteiger partial charge in [-0.25, -0.2) is 4.79 Å². The Balaban J connectivity index is 1.81. The molecule has 23 heavy (non-hydrogen) atoms. The van der Waals surface area contributed by atoms with Crippen LogP contribution in [-0.2, 0) is 4.74 Å². The number of hydrogen-bond donors (Lipinski definition) is 2. The molecule has 134 valence electrons. The number of piperidine rings is 1. The first-order valence-electron chi connectivity index (χ1n) is 9.33. The second-order valence-corrected chi connectivity index (χ2v) is 8.10. The topological polar surface area (TPSA) is 67.6 Å². The largest absolute Gasteiger partial charge is 0.444 e. The molecule has 0 spiro atoms. The number of carbonyl (C=O) groups excluding carboxylic acids is 1. The molecule has 1 aliphatic carbocycles. The molecule has 0 aromatic rings. The number of likely N-dealkylation sites (tertiary alicyclic amines) is 1. The highest BCUT2D eigenvalue weighted by Crippen LogP contribution is 2.36. The molecular weight excluding hydrogens is 290 g/mol. The molecule has 2 rings (SSSR count). The molecule has 1 saturated carbocycles. The van der Waals surface area contributed by atoms with E-state index < -0.39 is 5.60 Å². The van der Waals surface area contributed by atoms with Crippen molar-refractivity contribution in [3.8, 4) is 0 Å². The molecule has 3 N–H and O–H groups in total. The Morgan fingerprint density at radius 3 is 2.65 bits per heavy atom. The van der Waals surface area contributed by atoms with Crippen molar-refractivity contribution in [3.05, 3.63) is 0 Å². The summed E-state index contributed by atoms with van der Waals surface area (Å²) in [6.07, 6.45) is 8.69. The quantitative estimate of drug-likeness (QED) is 0.815. The van der Waals surface area contributed by atoms with Crippen LogP contribution in [0, 0.1) is 5.92 Å². The van der Waals surface area contributed by atoms with Crippen molar-refractivity contribution in [1.82, 2.24) is 10.2 Å². The Labute approximate surface area is 141 Å². The van der Waals surface area contributed by atoms with E-state index >= 15 is 0 Å². The van der Waals surface area contributed by atoms with E-state index in [-0.39, 0.29) is 6.09 Å². The van der Waals surface area contributed by atoms with E-state index in [1.807, 2.05) is 20.8 Å². The predicted octanol–water partition coefficient (Wildman–Crippen LogP) is 2.88. The predicted molar refractivity (Wildman–Crippen MR) is 93.4 cm³/mol. The molecule has 5 heteroatoms. The lowest BCUT2D eigenvalue weighted by atomic mass is 9.77. The maximum absolute atomic E-state index is 11.8. The van der Waals surface area contributed by atoms with Gasteiger partial charge in [-0.15, -0.1) is 0 Å². The second-order valence-electron chi connectivity index (χ2n) is 8.10. The van der Waals surface area contributed by atoms with Crippen LogP contribution in [0.5, 0.6) is 0 Å². The van der Waals surface area contributed by atoms with Gasteiger partial charge in [-0.2, -0.15) is 0 Å². The molecule has 1 saturated heterocycles. The van der Waals surface area contributed by atoms with Gasteiger partial charge in [-0.3, -0.25) is 4.90 Å². The number of hydrogen-bond acceptors (Lipinski definition) is 4. The van der Waals surface area contributed by atoms with E-state index in [4.69, 9.17) is 10.5 Å². The lowest BCUT2D eigenvalue weighted by Gasteiger charge is -2.47. The van der Waals surface area contributed by atoms with Crippen molar-refractivity contribution in [2.75, 3.05) is 19.6 Å². The molecule has 1 amide bonds. The highest BCUT2D eigenvalue weighted by molar-refractivity contribution is 5.67. The van der Waals surface area contributed by atoms with Gasteiger partial charge in [0, 0.05) is 25.2 Å². The number of nitrogens with two attached hydrogens (primary N) is 1. The van der Waals surface area contributed by atoms with Crippen molar-refractivity contribution in [3.63, 3.8) is 0 Å². The molecule has 2 fully saturated rings. The first kappa shape index (κ1) is 18.5. The number of ether oxygens (including phenoxy) is 1. The third-order valence-electron chi connectivity index (χ3n) is 5.17. The van der Waals surface area contributed by atoms with Crippen molar-refractivity contribution < 1.29 is 9.53 Å². The minimum atomic E-state index is -0.445. The van der Waals surface area contributed by atoms with Crippen molar-refractivity contribution in [2.45, 2.75) is 83.4 Å². The average Bonchev–Trinajstić information content (AvgIpc) is 2.49. The van der Waals surface area contributed by atoms with E-state index in [1.165, 1.54) is 38.5 Å². The monoisotopic (exact) mass is 325 g/mol. The molecule has 1 aliphatic heterocycles. The molecular formula is C18H35N3O2. The number of carbonyl (C=O) groups is 1. The lowest BCUT2D eigenvalue weighted by Crippen LogP contribution is -2.54. The zero-order valence-electron chi connectivity index (χ0n) is 15.1. The summed E-state index contributed by atoms with van der Waals surface area (Å²) in [4.78, 5) is 14.4. The fourth-order valence-corrected chi connectivity index (χ4v) is 4.19. The van der Waals surface area contributed by atoms with Crippen molar-refractivity contribution in [2.24, 2.45) is 11.7 Å². The van der Waals surface area contributed by atoms with Gasteiger partial charge in [0.1, 0.15) is 5.60 Å². The summed E-state index contributed by atoms with van der Waals surface area (Å²) in [6.45, 7) is 8.10. The molecule has 2 aliphatic rings. The average molecular weight is 325 g/mol. The summed E-state index contributed by atoms with van der Waals surface area (Å²) in [5.74, 6) is 0.866. The molecule has 3 atom stereocenters. The smallest absolute Gasteiger partial charge is 0.407 e.